The lowest BCUT2D eigenvalue weighted by molar-refractivity contribution is 1.20. The van der Waals surface area contributed by atoms with Crippen LogP contribution in [0.15, 0.2) is 42.5 Å². The van der Waals surface area contributed by atoms with E-state index in [9.17, 15) is 0 Å². The third kappa shape index (κ3) is 2.26. The van der Waals surface area contributed by atoms with Gasteiger partial charge in [-0.15, -0.1) is 0 Å². The number of aryl methyl sites for hydroxylation is 1. The Bertz CT molecular complexity index is 521. The molecule has 78 valence electrons. The average Bonchev–Trinajstić information content (AvgIpc) is 2.30. The molecule has 0 radical (unpaired) electrons. The highest BCUT2D eigenvalue weighted by Gasteiger charge is 2.00. The SMILES string of the molecule is [C-]#[N+]Cc1ccc(-c2cccc(C)n2)cc1. The molecule has 1 aromatic carbocycles. The van der Waals surface area contributed by atoms with Gasteiger partial charge >= 0.3 is 0 Å². The summed E-state index contributed by atoms with van der Waals surface area (Å²) in [6.45, 7) is 9.23. The molecule has 2 rings (SSSR count). The molecular weight excluding hydrogens is 196 g/mol. The quantitative estimate of drug-likeness (QED) is 0.691. The summed E-state index contributed by atoms with van der Waals surface area (Å²) in [5, 5.41) is 0. The first-order valence-electron chi connectivity index (χ1n) is 5.16. The zero-order valence-corrected chi connectivity index (χ0v) is 9.14. The molecule has 2 aromatic rings. The van der Waals surface area contributed by atoms with Crippen LogP contribution in [0.5, 0.6) is 0 Å². The molecule has 0 aliphatic rings. The minimum Gasteiger partial charge on any atom is -0.312 e. The van der Waals surface area contributed by atoms with Crippen molar-refractivity contribution in [3.63, 3.8) is 0 Å². The fourth-order valence-electron chi connectivity index (χ4n) is 1.58. The Morgan fingerprint density at radius 1 is 1.12 bits per heavy atom. The maximum absolute atomic E-state index is 6.80. The van der Waals surface area contributed by atoms with Crippen molar-refractivity contribution in [2.24, 2.45) is 0 Å². The Kier molecular flexibility index (Phi) is 2.98. The third-order valence-corrected chi connectivity index (χ3v) is 2.40. The normalized spacial score (nSPS) is 9.75. The van der Waals surface area contributed by atoms with Crippen LogP contribution in [0.4, 0.5) is 0 Å². The van der Waals surface area contributed by atoms with Gasteiger partial charge in [0.25, 0.3) is 0 Å². The van der Waals surface area contributed by atoms with Gasteiger partial charge in [0.15, 0.2) is 0 Å². The standard InChI is InChI=1S/C14H12N2/c1-11-4-3-5-14(16-11)13-8-6-12(7-9-13)10-15-2/h3-9H,10H2,1H3. The van der Waals surface area contributed by atoms with Gasteiger partial charge in [-0.2, -0.15) is 0 Å². The molecule has 0 spiro atoms. The van der Waals surface area contributed by atoms with E-state index in [4.69, 9.17) is 6.57 Å². The van der Waals surface area contributed by atoms with Gasteiger partial charge < -0.3 is 4.85 Å². The predicted molar refractivity (Wildman–Crippen MR) is 64.7 cm³/mol. The van der Waals surface area contributed by atoms with E-state index in [1.54, 1.807) is 0 Å². The van der Waals surface area contributed by atoms with E-state index in [0.29, 0.717) is 6.54 Å². The summed E-state index contributed by atoms with van der Waals surface area (Å²) in [6.07, 6.45) is 0. The number of nitrogens with zero attached hydrogens (tertiary/aromatic N) is 2. The van der Waals surface area contributed by atoms with Crippen LogP contribution in [0.1, 0.15) is 11.3 Å². The summed E-state index contributed by atoms with van der Waals surface area (Å²) in [5.41, 5.74) is 4.14. The minimum atomic E-state index is 0.446. The number of rotatable bonds is 2. The van der Waals surface area contributed by atoms with Crippen LogP contribution in [-0.2, 0) is 6.54 Å². The van der Waals surface area contributed by atoms with Gasteiger partial charge in [-0.1, -0.05) is 30.3 Å². The molecule has 0 amide bonds. The smallest absolute Gasteiger partial charge is 0.239 e. The van der Waals surface area contributed by atoms with E-state index in [1.807, 2.05) is 49.4 Å². The van der Waals surface area contributed by atoms with Crippen molar-refractivity contribution in [2.75, 3.05) is 0 Å². The average molecular weight is 208 g/mol. The number of benzene rings is 1. The Labute approximate surface area is 95.4 Å². The fourth-order valence-corrected chi connectivity index (χ4v) is 1.58. The van der Waals surface area contributed by atoms with E-state index in [1.165, 1.54) is 0 Å². The van der Waals surface area contributed by atoms with Crippen molar-refractivity contribution in [1.29, 1.82) is 0 Å². The van der Waals surface area contributed by atoms with E-state index in [2.05, 4.69) is 9.83 Å². The Hall–Kier alpha value is -2.14. The Balaban J connectivity index is 2.32. The molecule has 0 unspecified atom stereocenters. The van der Waals surface area contributed by atoms with Crippen molar-refractivity contribution < 1.29 is 0 Å². The lowest BCUT2D eigenvalue weighted by atomic mass is 10.1. The Morgan fingerprint density at radius 2 is 1.88 bits per heavy atom. The van der Waals surface area contributed by atoms with Gasteiger partial charge in [0.2, 0.25) is 6.54 Å². The molecule has 16 heavy (non-hydrogen) atoms. The Morgan fingerprint density at radius 3 is 2.50 bits per heavy atom. The highest BCUT2D eigenvalue weighted by Crippen LogP contribution is 2.18. The van der Waals surface area contributed by atoms with Crippen LogP contribution in [0.25, 0.3) is 16.1 Å². The molecule has 0 saturated carbocycles. The molecule has 0 fully saturated rings. The van der Waals surface area contributed by atoms with Gasteiger partial charge in [-0.05, 0) is 19.1 Å². The van der Waals surface area contributed by atoms with Crippen molar-refractivity contribution in [2.45, 2.75) is 13.5 Å². The first-order chi connectivity index (χ1) is 7.79. The summed E-state index contributed by atoms with van der Waals surface area (Å²) in [6, 6.07) is 14.0. The van der Waals surface area contributed by atoms with Crippen molar-refractivity contribution in [1.82, 2.24) is 4.98 Å². The zero-order valence-electron chi connectivity index (χ0n) is 9.14. The highest BCUT2D eigenvalue weighted by molar-refractivity contribution is 5.59. The molecule has 0 atom stereocenters. The van der Waals surface area contributed by atoms with Gasteiger partial charge in [-0.25, -0.2) is 6.57 Å². The van der Waals surface area contributed by atoms with Crippen LogP contribution in [0, 0.1) is 13.5 Å². The predicted octanol–water partition coefficient (Wildman–Crippen LogP) is 3.48. The molecule has 0 bridgehead atoms. The number of aromatic nitrogens is 1. The molecule has 0 saturated heterocycles. The summed E-state index contributed by atoms with van der Waals surface area (Å²) >= 11 is 0. The molecular formula is C14H12N2. The van der Waals surface area contributed by atoms with E-state index in [0.717, 1.165) is 22.5 Å². The van der Waals surface area contributed by atoms with Crippen molar-refractivity contribution >= 4 is 0 Å². The van der Waals surface area contributed by atoms with Crippen molar-refractivity contribution in [3.8, 4) is 11.3 Å². The van der Waals surface area contributed by atoms with E-state index in [-0.39, 0.29) is 0 Å². The maximum atomic E-state index is 6.80. The monoisotopic (exact) mass is 208 g/mol. The molecule has 2 nitrogen and oxygen atoms in total. The molecule has 2 heteroatoms. The summed E-state index contributed by atoms with van der Waals surface area (Å²) < 4.78 is 0. The van der Waals surface area contributed by atoms with Crippen LogP contribution >= 0.6 is 0 Å². The molecule has 0 aliphatic heterocycles. The zero-order chi connectivity index (χ0) is 11.4. The van der Waals surface area contributed by atoms with Crippen LogP contribution in [0.2, 0.25) is 0 Å². The minimum absolute atomic E-state index is 0.446. The second-order valence-corrected chi connectivity index (χ2v) is 3.68. The highest BCUT2D eigenvalue weighted by atomic mass is 14.7. The fraction of sp³-hybridized carbons (Fsp3) is 0.143. The van der Waals surface area contributed by atoms with E-state index < -0.39 is 0 Å². The lowest BCUT2D eigenvalue weighted by Gasteiger charge is -2.02. The summed E-state index contributed by atoms with van der Waals surface area (Å²) in [7, 11) is 0. The van der Waals surface area contributed by atoms with Crippen LogP contribution in [-0.4, -0.2) is 4.98 Å². The summed E-state index contributed by atoms with van der Waals surface area (Å²) in [5.74, 6) is 0. The first-order valence-corrected chi connectivity index (χ1v) is 5.16. The van der Waals surface area contributed by atoms with Gasteiger partial charge in [0.1, 0.15) is 0 Å². The van der Waals surface area contributed by atoms with Crippen LogP contribution < -0.4 is 0 Å². The molecule has 0 N–H and O–H groups in total. The number of hydrogen-bond acceptors (Lipinski definition) is 1. The third-order valence-electron chi connectivity index (χ3n) is 2.40. The van der Waals surface area contributed by atoms with Gasteiger partial charge in [0.05, 0.1) is 5.69 Å². The maximum Gasteiger partial charge on any atom is 0.239 e. The van der Waals surface area contributed by atoms with Gasteiger partial charge in [-0.3, -0.25) is 4.98 Å². The lowest BCUT2D eigenvalue weighted by Crippen LogP contribution is -1.86. The van der Waals surface area contributed by atoms with Crippen LogP contribution in [0.3, 0.4) is 0 Å². The van der Waals surface area contributed by atoms with Gasteiger partial charge in [0, 0.05) is 16.8 Å². The van der Waals surface area contributed by atoms with E-state index >= 15 is 0 Å². The summed E-state index contributed by atoms with van der Waals surface area (Å²) in [4.78, 5) is 7.82. The first kappa shape index (κ1) is 10.4. The number of pyridine rings is 1. The topological polar surface area (TPSA) is 17.2 Å². The molecule has 1 aromatic heterocycles. The van der Waals surface area contributed by atoms with Crippen molar-refractivity contribution in [3.05, 3.63) is 65.1 Å². The second-order valence-electron chi connectivity index (χ2n) is 3.68. The largest absolute Gasteiger partial charge is 0.312 e. The molecule has 1 heterocycles. The molecule has 0 aliphatic carbocycles. The number of hydrogen-bond donors (Lipinski definition) is 0. The second kappa shape index (κ2) is 4.59.